The average Bonchev–Trinajstić information content (AvgIpc) is 3.14. The Morgan fingerprint density at radius 2 is 2.10 bits per heavy atom. The first-order chi connectivity index (χ1) is 14.6. The zero-order chi connectivity index (χ0) is 20.9. The van der Waals surface area contributed by atoms with Crippen LogP contribution < -0.4 is 10.9 Å². The summed E-state index contributed by atoms with van der Waals surface area (Å²) in [5.74, 6) is 0.170. The third-order valence-electron chi connectivity index (χ3n) is 5.26. The summed E-state index contributed by atoms with van der Waals surface area (Å²) < 4.78 is 1.57. The number of nitrogens with one attached hydrogen (secondary N) is 2. The Morgan fingerprint density at radius 3 is 2.87 bits per heavy atom. The number of rotatable bonds is 7. The van der Waals surface area contributed by atoms with Gasteiger partial charge in [-0.15, -0.1) is 0 Å². The molecule has 156 valence electrons. The highest BCUT2D eigenvalue weighted by Gasteiger charge is 2.16. The van der Waals surface area contributed by atoms with Crippen LogP contribution in [0.5, 0.6) is 0 Å². The molecule has 0 spiro atoms. The Balaban J connectivity index is 1.49. The number of para-hydroxylation sites is 1. The van der Waals surface area contributed by atoms with Gasteiger partial charge in [0.25, 0.3) is 5.56 Å². The van der Waals surface area contributed by atoms with Gasteiger partial charge in [0.1, 0.15) is 5.52 Å². The highest BCUT2D eigenvalue weighted by Crippen LogP contribution is 2.22. The highest BCUT2D eigenvalue weighted by molar-refractivity contribution is 7.99. The summed E-state index contributed by atoms with van der Waals surface area (Å²) in [4.78, 5) is 33.3. The number of amides is 1. The van der Waals surface area contributed by atoms with Gasteiger partial charge in [-0.05, 0) is 57.2 Å². The van der Waals surface area contributed by atoms with Crippen molar-refractivity contribution in [3.05, 3.63) is 64.1 Å². The van der Waals surface area contributed by atoms with E-state index in [4.69, 9.17) is 0 Å². The molecule has 2 heterocycles. The molecule has 3 aromatic rings. The third kappa shape index (κ3) is 4.67. The number of fused-ring (bicyclic) bond motifs is 1. The van der Waals surface area contributed by atoms with E-state index in [9.17, 15) is 9.59 Å². The van der Waals surface area contributed by atoms with E-state index in [0.717, 1.165) is 30.6 Å². The fraction of sp³-hybridized carbons (Fsp3) is 0.348. The van der Waals surface area contributed by atoms with Crippen LogP contribution in [0.3, 0.4) is 0 Å². The molecule has 0 atom stereocenters. The highest BCUT2D eigenvalue weighted by atomic mass is 32.2. The summed E-state index contributed by atoms with van der Waals surface area (Å²) in [7, 11) is 0. The number of aryl methyl sites for hydroxylation is 1. The zero-order valence-electron chi connectivity index (χ0n) is 17.1. The molecule has 0 saturated heterocycles. The number of H-pyrrole nitrogens is 1. The van der Waals surface area contributed by atoms with Gasteiger partial charge in [-0.3, -0.25) is 14.2 Å². The lowest BCUT2D eigenvalue weighted by Gasteiger charge is -2.13. The molecule has 2 N–H and O–H groups in total. The van der Waals surface area contributed by atoms with Gasteiger partial charge in [0.05, 0.1) is 17.0 Å². The Hall–Kier alpha value is -2.80. The van der Waals surface area contributed by atoms with Crippen molar-refractivity contribution in [3.8, 4) is 5.69 Å². The molecular weight excluding hydrogens is 396 g/mol. The number of carbonyl (C=O) groups excluding carboxylic acids is 1. The van der Waals surface area contributed by atoms with Crippen molar-refractivity contribution in [2.45, 2.75) is 44.2 Å². The fourth-order valence-corrected chi connectivity index (χ4v) is 4.60. The van der Waals surface area contributed by atoms with Crippen molar-refractivity contribution >= 4 is 28.7 Å². The quantitative estimate of drug-likeness (QED) is 0.341. The first-order valence-electron chi connectivity index (χ1n) is 10.4. The first-order valence-corrected chi connectivity index (χ1v) is 11.4. The number of nitrogens with zero attached hydrogens (tertiary/aromatic N) is 2. The standard InChI is InChI=1S/C23H26N4O2S/c1-16-14-19-21(25-16)22(29)27(18-10-6-3-7-11-18)23(26-19)30-15-20(28)24-13-12-17-8-4-2-5-9-17/h3,6-8,10-11,14,25H,2,4-5,9,12-13,15H2,1H3,(H,24,28). The molecule has 0 bridgehead atoms. The molecule has 2 aromatic heterocycles. The van der Waals surface area contributed by atoms with Crippen molar-refractivity contribution < 1.29 is 4.79 Å². The normalized spacial score (nSPS) is 14.0. The van der Waals surface area contributed by atoms with Crippen LogP contribution >= 0.6 is 11.8 Å². The van der Waals surface area contributed by atoms with Gasteiger partial charge in [0, 0.05) is 12.2 Å². The molecule has 0 saturated carbocycles. The van der Waals surface area contributed by atoms with Gasteiger partial charge in [0.2, 0.25) is 5.91 Å². The molecule has 1 amide bonds. The van der Waals surface area contributed by atoms with E-state index in [-0.39, 0.29) is 17.2 Å². The molecule has 0 fully saturated rings. The number of aromatic amines is 1. The molecular formula is C23H26N4O2S. The average molecular weight is 423 g/mol. The SMILES string of the molecule is Cc1cc2nc(SCC(=O)NCCC3=CCCCC3)n(-c3ccccc3)c(=O)c2[nH]1. The lowest BCUT2D eigenvalue weighted by molar-refractivity contribution is -0.118. The minimum Gasteiger partial charge on any atom is -0.355 e. The maximum absolute atomic E-state index is 13.1. The van der Waals surface area contributed by atoms with Gasteiger partial charge in [-0.25, -0.2) is 4.98 Å². The summed E-state index contributed by atoms with van der Waals surface area (Å²) in [5, 5.41) is 3.51. The fourth-order valence-electron chi connectivity index (χ4n) is 3.75. The predicted octanol–water partition coefficient (Wildman–Crippen LogP) is 4.12. The van der Waals surface area contributed by atoms with Crippen molar-refractivity contribution in [1.29, 1.82) is 0 Å². The molecule has 1 aliphatic rings. The Labute approximate surface area is 179 Å². The molecule has 1 aliphatic carbocycles. The summed E-state index contributed by atoms with van der Waals surface area (Å²) in [5.41, 5.74) is 4.00. The summed E-state index contributed by atoms with van der Waals surface area (Å²) >= 11 is 1.29. The van der Waals surface area contributed by atoms with E-state index < -0.39 is 0 Å². The van der Waals surface area contributed by atoms with Crippen LogP contribution in [-0.2, 0) is 4.79 Å². The van der Waals surface area contributed by atoms with Crippen molar-refractivity contribution in [2.75, 3.05) is 12.3 Å². The second-order valence-electron chi connectivity index (χ2n) is 7.58. The van der Waals surface area contributed by atoms with E-state index in [1.54, 1.807) is 4.57 Å². The molecule has 4 rings (SSSR count). The summed E-state index contributed by atoms with van der Waals surface area (Å²) in [6.07, 6.45) is 8.04. The van der Waals surface area contributed by atoms with Crippen molar-refractivity contribution in [1.82, 2.24) is 19.9 Å². The van der Waals surface area contributed by atoms with Crippen molar-refractivity contribution in [2.24, 2.45) is 0 Å². The maximum atomic E-state index is 13.1. The maximum Gasteiger partial charge on any atom is 0.283 e. The second-order valence-corrected chi connectivity index (χ2v) is 8.52. The molecule has 0 unspecified atom stereocenters. The van der Waals surface area contributed by atoms with E-state index >= 15 is 0 Å². The van der Waals surface area contributed by atoms with Crippen LogP contribution in [0.25, 0.3) is 16.7 Å². The number of thioether (sulfide) groups is 1. The van der Waals surface area contributed by atoms with Gasteiger partial charge < -0.3 is 10.3 Å². The lowest BCUT2D eigenvalue weighted by atomic mass is 9.97. The predicted molar refractivity (Wildman–Crippen MR) is 121 cm³/mol. The van der Waals surface area contributed by atoms with E-state index in [1.807, 2.05) is 43.3 Å². The van der Waals surface area contributed by atoms with Gasteiger partial charge in [-0.2, -0.15) is 0 Å². The molecule has 1 aromatic carbocycles. The van der Waals surface area contributed by atoms with E-state index in [2.05, 4.69) is 21.4 Å². The van der Waals surface area contributed by atoms with Gasteiger partial charge >= 0.3 is 0 Å². The minimum absolute atomic E-state index is 0.0457. The molecule has 7 heteroatoms. The topological polar surface area (TPSA) is 79.8 Å². The molecule has 30 heavy (non-hydrogen) atoms. The number of aromatic nitrogens is 3. The third-order valence-corrected chi connectivity index (χ3v) is 6.19. The largest absolute Gasteiger partial charge is 0.355 e. The number of hydrogen-bond donors (Lipinski definition) is 2. The number of benzene rings is 1. The number of carbonyl (C=O) groups is 1. The Morgan fingerprint density at radius 1 is 1.27 bits per heavy atom. The van der Waals surface area contributed by atoms with E-state index in [0.29, 0.717) is 22.7 Å². The smallest absolute Gasteiger partial charge is 0.283 e. The Kier molecular flexibility index (Phi) is 6.38. The zero-order valence-corrected chi connectivity index (χ0v) is 17.9. The van der Waals surface area contributed by atoms with Crippen LogP contribution in [0.15, 0.2) is 58.0 Å². The first kappa shape index (κ1) is 20.5. The molecule has 0 radical (unpaired) electrons. The second kappa shape index (κ2) is 9.34. The van der Waals surface area contributed by atoms with Gasteiger partial charge in [-0.1, -0.05) is 41.6 Å². The minimum atomic E-state index is -0.161. The number of hydrogen-bond acceptors (Lipinski definition) is 4. The molecule has 0 aliphatic heterocycles. The number of allylic oxidation sites excluding steroid dienone is 1. The van der Waals surface area contributed by atoms with Crippen molar-refractivity contribution in [3.63, 3.8) is 0 Å². The summed E-state index contributed by atoms with van der Waals surface area (Å²) in [6, 6.07) is 11.3. The molecule has 6 nitrogen and oxygen atoms in total. The van der Waals surface area contributed by atoms with Gasteiger partial charge in [0.15, 0.2) is 5.16 Å². The van der Waals surface area contributed by atoms with Crippen LogP contribution in [0.1, 0.15) is 37.8 Å². The van der Waals surface area contributed by atoms with Crippen LogP contribution in [-0.4, -0.2) is 32.7 Å². The summed E-state index contributed by atoms with van der Waals surface area (Å²) in [6.45, 7) is 2.55. The monoisotopic (exact) mass is 422 g/mol. The van der Waals surface area contributed by atoms with E-state index in [1.165, 1.54) is 30.2 Å². The van der Waals surface area contributed by atoms with Crippen LogP contribution in [0.2, 0.25) is 0 Å². The Bertz CT molecular complexity index is 1130. The lowest BCUT2D eigenvalue weighted by Crippen LogP contribution is -2.27. The van der Waals surface area contributed by atoms with Crippen LogP contribution in [0, 0.1) is 6.92 Å². The van der Waals surface area contributed by atoms with Crippen LogP contribution in [0.4, 0.5) is 0 Å².